The summed E-state index contributed by atoms with van der Waals surface area (Å²) < 4.78 is 38.3. The minimum absolute atomic E-state index is 0.0551. The number of nitrogens with zero attached hydrogens (tertiary/aromatic N) is 1. The molecule has 0 saturated carbocycles. The zero-order chi connectivity index (χ0) is 16.1. The van der Waals surface area contributed by atoms with Gasteiger partial charge in [0, 0.05) is 18.5 Å². The topological polar surface area (TPSA) is 66.5 Å². The minimum atomic E-state index is -5.14. The Labute approximate surface area is 123 Å². The summed E-state index contributed by atoms with van der Waals surface area (Å²) in [5.74, 6) is -1.48. The van der Waals surface area contributed by atoms with Gasteiger partial charge in [-0.3, -0.25) is 19.7 Å². The van der Waals surface area contributed by atoms with Gasteiger partial charge in [0.05, 0.1) is 0 Å². The maximum Gasteiger partial charge on any atom is 0.509 e. The van der Waals surface area contributed by atoms with Gasteiger partial charge in [0.2, 0.25) is 11.8 Å². The molecule has 9 heteroatoms. The normalized spacial score (nSPS) is 21.9. The zero-order valence-electron chi connectivity index (χ0n) is 11.3. The molecule has 2 aliphatic heterocycles. The first-order chi connectivity index (χ1) is 10.3. The third kappa shape index (κ3) is 2.36. The summed E-state index contributed by atoms with van der Waals surface area (Å²) in [5, 5.41) is 2.14. The van der Waals surface area contributed by atoms with E-state index < -0.39 is 36.2 Å². The molecule has 1 aromatic rings. The van der Waals surface area contributed by atoms with Crippen LogP contribution in [-0.2, 0) is 16.1 Å². The molecule has 0 aromatic heterocycles. The van der Waals surface area contributed by atoms with E-state index in [0.717, 1.165) is 18.2 Å². The van der Waals surface area contributed by atoms with Crippen molar-refractivity contribution in [3.8, 4) is 0 Å². The van der Waals surface area contributed by atoms with Crippen molar-refractivity contribution in [2.24, 2.45) is 0 Å². The molecular weight excluding hydrogens is 300 g/mol. The fourth-order valence-corrected chi connectivity index (χ4v) is 2.80. The van der Waals surface area contributed by atoms with Gasteiger partial charge in [-0.05, 0) is 12.0 Å². The van der Waals surface area contributed by atoms with E-state index in [1.165, 1.54) is 4.90 Å². The maximum atomic E-state index is 12.8. The second-order valence-electron chi connectivity index (χ2n) is 5.39. The van der Waals surface area contributed by atoms with Crippen molar-refractivity contribution in [2.75, 3.05) is 0 Å². The predicted molar refractivity (Wildman–Crippen MR) is 71.2 cm³/mol. The van der Waals surface area contributed by atoms with Crippen LogP contribution < -0.4 is 10.8 Å². The van der Waals surface area contributed by atoms with E-state index in [0.29, 0.717) is 0 Å². The average Bonchev–Trinajstić information content (AvgIpc) is 2.75. The van der Waals surface area contributed by atoms with E-state index in [4.69, 9.17) is 0 Å². The van der Waals surface area contributed by atoms with E-state index in [-0.39, 0.29) is 30.5 Å². The van der Waals surface area contributed by atoms with Gasteiger partial charge in [-0.15, -0.1) is 5.46 Å². The van der Waals surface area contributed by atoms with Crippen molar-refractivity contribution >= 4 is 30.2 Å². The van der Waals surface area contributed by atoms with Crippen LogP contribution in [0, 0.1) is 0 Å². The molecule has 2 aliphatic rings. The van der Waals surface area contributed by atoms with Gasteiger partial charge in [0.15, 0.2) is 0 Å². The number of imide groups is 1. The molecule has 5 nitrogen and oxygen atoms in total. The molecule has 0 aliphatic carbocycles. The SMILES string of the molecule is O=C1CCC(N2Cc3cc([B-](F)(F)F)ccc3C2=O)C(=O)N1. The molecule has 0 bridgehead atoms. The molecule has 1 N–H and O–H groups in total. The summed E-state index contributed by atoms with van der Waals surface area (Å²) in [6.07, 6.45) is 0.286. The second-order valence-corrected chi connectivity index (χ2v) is 5.39. The van der Waals surface area contributed by atoms with Gasteiger partial charge >= 0.3 is 6.98 Å². The van der Waals surface area contributed by atoms with Crippen LogP contribution in [0.2, 0.25) is 0 Å². The summed E-state index contributed by atoms with van der Waals surface area (Å²) in [6.45, 7) is -5.19. The molecule has 1 unspecified atom stereocenters. The highest BCUT2D eigenvalue weighted by Gasteiger charge is 2.39. The molecule has 3 amide bonds. The Hall–Kier alpha value is -2.32. The molecule has 1 fully saturated rings. The van der Waals surface area contributed by atoms with Gasteiger partial charge in [-0.25, -0.2) is 0 Å². The number of halogens is 3. The molecule has 3 rings (SSSR count). The number of piperidine rings is 1. The Balaban J connectivity index is 1.88. The summed E-state index contributed by atoms with van der Waals surface area (Å²) in [4.78, 5) is 36.4. The monoisotopic (exact) mass is 311 g/mol. The molecule has 22 heavy (non-hydrogen) atoms. The Morgan fingerprint density at radius 1 is 1.18 bits per heavy atom. The minimum Gasteiger partial charge on any atom is -0.445 e. The van der Waals surface area contributed by atoms with Crippen LogP contribution in [0.3, 0.4) is 0 Å². The number of nitrogens with one attached hydrogen (secondary N) is 1. The first-order valence-corrected chi connectivity index (χ1v) is 6.75. The van der Waals surface area contributed by atoms with E-state index >= 15 is 0 Å². The zero-order valence-corrected chi connectivity index (χ0v) is 11.3. The van der Waals surface area contributed by atoms with Crippen LogP contribution in [0.1, 0.15) is 28.8 Å². The van der Waals surface area contributed by atoms with Crippen molar-refractivity contribution in [3.63, 3.8) is 0 Å². The number of hydrogen-bond acceptors (Lipinski definition) is 3. The van der Waals surface area contributed by atoms with Crippen LogP contribution >= 0.6 is 0 Å². The lowest BCUT2D eigenvalue weighted by molar-refractivity contribution is -0.136. The average molecular weight is 311 g/mol. The van der Waals surface area contributed by atoms with Crippen LogP contribution in [-0.4, -0.2) is 35.6 Å². The molecular formula is C13H11BF3N2O3-. The highest BCUT2D eigenvalue weighted by molar-refractivity contribution is 6.73. The van der Waals surface area contributed by atoms with Crippen LogP contribution in [0.15, 0.2) is 18.2 Å². The quantitative estimate of drug-likeness (QED) is 0.639. The van der Waals surface area contributed by atoms with Gasteiger partial charge in [0.1, 0.15) is 6.04 Å². The third-order valence-corrected chi connectivity index (χ3v) is 3.93. The summed E-state index contributed by atoms with van der Waals surface area (Å²) in [5.41, 5.74) is -0.337. The summed E-state index contributed by atoms with van der Waals surface area (Å²) in [7, 11) is 0. The van der Waals surface area contributed by atoms with Crippen molar-refractivity contribution in [3.05, 3.63) is 29.3 Å². The number of carbonyl (C=O) groups is 3. The van der Waals surface area contributed by atoms with Crippen LogP contribution in [0.4, 0.5) is 12.9 Å². The second kappa shape index (κ2) is 4.86. The van der Waals surface area contributed by atoms with Gasteiger partial charge in [-0.1, -0.05) is 18.2 Å². The van der Waals surface area contributed by atoms with Crippen molar-refractivity contribution in [1.29, 1.82) is 0 Å². The number of rotatable bonds is 2. The van der Waals surface area contributed by atoms with Crippen LogP contribution in [0.25, 0.3) is 0 Å². The number of fused-ring (bicyclic) bond motifs is 1. The molecule has 2 heterocycles. The molecule has 1 atom stereocenters. The lowest BCUT2D eigenvalue weighted by Gasteiger charge is -2.29. The predicted octanol–water partition coefficient (Wildman–Crippen LogP) is 0.502. The molecule has 0 radical (unpaired) electrons. The molecule has 0 spiro atoms. The summed E-state index contributed by atoms with van der Waals surface area (Å²) >= 11 is 0. The highest BCUT2D eigenvalue weighted by atomic mass is 19.4. The number of benzene rings is 1. The van der Waals surface area contributed by atoms with Crippen molar-refractivity contribution in [2.45, 2.75) is 25.4 Å². The smallest absolute Gasteiger partial charge is 0.445 e. The van der Waals surface area contributed by atoms with Crippen molar-refractivity contribution < 1.29 is 27.3 Å². The highest BCUT2D eigenvalue weighted by Crippen LogP contribution is 2.27. The Morgan fingerprint density at radius 2 is 1.91 bits per heavy atom. The van der Waals surface area contributed by atoms with Gasteiger partial charge < -0.3 is 17.8 Å². The van der Waals surface area contributed by atoms with Crippen LogP contribution in [0.5, 0.6) is 0 Å². The third-order valence-electron chi connectivity index (χ3n) is 3.93. The first-order valence-electron chi connectivity index (χ1n) is 6.75. The number of hydrogen-bond donors (Lipinski definition) is 1. The maximum absolute atomic E-state index is 12.8. The Bertz CT molecular complexity index is 690. The number of carbonyl (C=O) groups excluding carboxylic acids is 3. The van der Waals surface area contributed by atoms with E-state index in [2.05, 4.69) is 5.32 Å². The lowest BCUT2D eigenvalue weighted by Crippen LogP contribution is -2.52. The number of amides is 3. The molecule has 1 saturated heterocycles. The fourth-order valence-electron chi connectivity index (χ4n) is 2.80. The fraction of sp³-hybridized carbons (Fsp3) is 0.308. The van der Waals surface area contributed by atoms with E-state index in [1.807, 2.05) is 0 Å². The first kappa shape index (κ1) is 14.6. The Morgan fingerprint density at radius 3 is 2.55 bits per heavy atom. The molecule has 116 valence electrons. The molecule has 1 aromatic carbocycles. The van der Waals surface area contributed by atoms with Gasteiger partial charge in [0.25, 0.3) is 5.91 Å². The standard InChI is InChI=1S/C13H11BF3N2O3/c15-14(16,17)8-1-2-9-7(5-8)6-19(13(9)22)10-3-4-11(20)18-12(10)21/h1-2,5,10H,3-4,6H2,(H,18,20,21)/q-1. The van der Waals surface area contributed by atoms with E-state index in [1.54, 1.807) is 0 Å². The van der Waals surface area contributed by atoms with E-state index in [9.17, 15) is 27.3 Å². The summed E-state index contributed by atoms with van der Waals surface area (Å²) in [6, 6.07) is 2.16. The largest absolute Gasteiger partial charge is 0.509 e. The van der Waals surface area contributed by atoms with Crippen molar-refractivity contribution in [1.82, 2.24) is 10.2 Å². The lowest BCUT2D eigenvalue weighted by atomic mass is 9.79. The van der Waals surface area contributed by atoms with Gasteiger partial charge in [-0.2, -0.15) is 0 Å². The Kier molecular flexibility index (Phi) is 3.23.